The number of rotatable bonds is 3. The van der Waals surface area contributed by atoms with Gasteiger partial charge in [-0.25, -0.2) is 4.39 Å². The van der Waals surface area contributed by atoms with Crippen LogP contribution in [0.2, 0.25) is 9.49 Å². The van der Waals surface area contributed by atoms with E-state index in [1.165, 1.54) is 18.2 Å². The molecule has 0 atom stereocenters. The lowest BCUT2D eigenvalue weighted by Gasteiger charge is -2.03. The summed E-state index contributed by atoms with van der Waals surface area (Å²) in [5, 5.41) is 9.91. The summed E-state index contributed by atoms with van der Waals surface area (Å²) in [6.07, 6.45) is 0. The van der Waals surface area contributed by atoms with E-state index in [9.17, 15) is 9.18 Å². The predicted octanol–water partition coefficient (Wildman–Crippen LogP) is 2.91. The highest BCUT2D eigenvalue weighted by Gasteiger charge is 2.11. The maximum Gasteiger partial charge on any atom is 0.282 e. The van der Waals surface area contributed by atoms with Crippen molar-refractivity contribution in [3.63, 3.8) is 0 Å². The molecule has 0 aliphatic heterocycles. The zero-order valence-electron chi connectivity index (χ0n) is 8.78. The standard InChI is InChI=1S/C10H6Cl2FN3OS/c11-6-3-5(1-2-7(6)13)4-14-8(17)9-15-16-10(12)18-9/h1-3H,4H2,(H,14,17). The van der Waals surface area contributed by atoms with Crippen molar-refractivity contribution in [1.29, 1.82) is 0 Å². The summed E-state index contributed by atoms with van der Waals surface area (Å²) in [7, 11) is 0. The van der Waals surface area contributed by atoms with E-state index in [4.69, 9.17) is 23.2 Å². The van der Waals surface area contributed by atoms with Crippen LogP contribution in [0.5, 0.6) is 0 Å². The summed E-state index contributed by atoms with van der Waals surface area (Å²) >= 11 is 12.2. The van der Waals surface area contributed by atoms with E-state index in [1.807, 2.05) is 0 Å². The van der Waals surface area contributed by atoms with Gasteiger partial charge in [0.1, 0.15) is 5.82 Å². The van der Waals surface area contributed by atoms with Crippen LogP contribution in [0, 0.1) is 5.82 Å². The molecule has 0 aliphatic carbocycles. The van der Waals surface area contributed by atoms with Crippen LogP contribution >= 0.6 is 34.5 Å². The van der Waals surface area contributed by atoms with Gasteiger partial charge in [-0.15, -0.1) is 10.2 Å². The van der Waals surface area contributed by atoms with E-state index >= 15 is 0 Å². The molecule has 0 bridgehead atoms. The quantitative estimate of drug-likeness (QED) is 0.948. The van der Waals surface area contributed by atoms with Crippen LogP contribution in [0.25, 0.3) is 0 Å². The van der Waals surface area contributed by atoms with Crippen molar-refractivity contribution in [2.24, 2.45) is 0 Å². The maximum absolute atomic E-state index is 12.9. The molecule has 1 aromatic heterocycles. The van der Waals surface area contributed by atoms with Crippen molar-refractivity contribution in [3.8, 4) is 0 Å². The zero-order valence-corrected chi connectivity index (χ0v) is 11.1. The number of aromatic nitrogens is 2. The molecule has 4 nitrogen and oxygen atoms in total. The van der Waals surface area contributed by atoms with Gasteiger partial charge in [-0.3, -0.25) is 4.79 Å². The number of hydrogen-bond acceptors (Lipinski definition) is 4. The summed E-state index contributed by atoms with van der Waals surface area (Å²) in [5.41, 5.74) is 0.686. The Morgan fingerprint density at radius 1 is 1.39 bits per heavy atom. The lowest BCUT2D eigenvalue weighted by Crippen LogP contribution is -2.22. The van der Waals surface area contributed by atoms with Crippen molar-refractivity contribution < 1.29 is 9.18 Å². The Morgan fingerprint density at radius 2 is 2.17 bits per heavy atom. The van der Waals surface area contributed by atoms with Gasteiger partial charge in [0.15, 0.2) is 0 Å². The molecule has 0 fully saturated rings. The van der Waals surface area contributed by atoms with Crippen LogP contribution in [0.15, 0.2) is 18.2 Å². The van der Waals surface area contributed by atoms with E-state index in [0.717, 1.165) is 11.3 Å². The molecule has 94 valence electrons. The highest BCUT2D eigenvalue weighted by atomic mass is 35.5. The molecular formula is C10H6Cl2FN3OS. The molecule has 0 saturated heterocycles. The van der Waals surface area contributed by atoms with Crippen molar-refractivity contribution in [3.05, 3.63) is 44.1 Å². The van der Waals surface area contributed by atoms with Gasteiger partial charge in [-0.2, -0.15) is 0 Å². The Hall–Kier alpha value is -1.24. The lowest BCUT2D eigenvalue weighted by atomic mass is 10.2. The molecule has 2 aromatic rings. The van der Waals surface area contributed by atoms with Crippen molar-refractivity contribution in [2.45, 2.75) is 6.54 Å². The third kappa shape index (κ3) is 3.16. The normalized spacial score (nSPS) is 10.4. The predicted molar refractivity (Wildman–Crippen MR) is 67.5 cm³/mol. The number of halogens is 3. The maximum atomic E-state index is 12.9. The van der Waals surface area contributed by atoms with Gasteiger partial charge in [-0.1, -0.05) is 29.0 Å². The SMILES string of the molecule is O=C(NCc1ccc(F)c(Cl)c1)c1nnc(Cl)s1. The largest absolute Gasteiger partial charge is 0.346 e. The molecule has 0 unspecified atom stereocenters. The van der Waals surface area contributed by atoms with Gasteiger partial charge in [0.05, 0.1) is 5.02 Å². The van der Waals surface area contributed by atoms with E-state index < -0.39 is 5.82 Å². The first kappa shape index (κ1) is 13.2. The average molecular weight is 306 g/mol. The second kappa shape index (κ2) is 5.60. The molecule has 0 aliphatic rings. The van der Waals surface area contributed by atoms with Crippen LogP contribution in [0.3, 0.4) is 0 Å². The highest BCUT2D eigenvalue weighted by Crippen LogP contribution is 2.17. The summed E-state index contributed by atoms with van der Waals surface area (Å²) in [6, 6.07) is 4.23. The van der Waals surface area contributed by atoms with Crippen LogP contribution in [-0.4, -0.2) is 16.1 Å². The number of nitrogens with one attached hydrogen (secondary N) is 1. The van der Waals surface area contributed by atoms with Crippen LogP contribution in [-0.2, 0) is 6.54 Å². The minimum atomic E-state index is -0.498. The molecule has 18 heavy (non-hydrogen) atoms. The fraction of sp³-hybridized carbons (Fsp3) is 0.100. The number of benzene rings is 1. The topological polar surface area (TPSA) is 54.9 Å². The molecule has 2 rings (SSSR count). The third-order valence-electron chi connectivity index (χ3n) is 2.03. The minimum absolute atomic E-state index is 0.0145. The minimum Gasteiger partial charge on any atom is -0.346 e. The van der Waals surface area contributed by atoms with E-state index in [0.29, 0.717) is 5.56 Å². The molecule has 0 radical (unpaired) electrons. The summed E-state index contributed by atoms with van der Waals surface area (Å²) in [5.74, 6) is -0.887. The van der Waals surface area contributed by atoms with Gasteiger partial charge in [-0.05, 0) is 29.3 Å². The number of carbonyl (C=O) groups excluding carboxylic acids is 1. The van der Waals surface area contributed by atoms with Crippen molar-refractivity contribution in [2.75, 3.05) is 0 Å². The fourth-order valence-corrected chi connectivity index (χ4v) is 2.15. The summed E-state index contributed by atoms with van der Waals surface area (Å²) in [6.45, 7) is 0.218. The molecule has 0 saturated carbocycles. The smallest absolute Gasteiger partial charge is 0.282 e. The first-order chi connectivity index (χ1) is 8.56. The first-order valence-corrected chi connectivity index (χ1v) is 6.34. The Balaban J connectivity index is 1.99. The molecule has 1 aromatic carbocycles. The second-order valence-electron chi connectivity index (χ2n) is 3.29. The van der Waals surface area contributed by atoms with Crippen molar-refractivity contribution in [1.82, 2.24) is 15.5 Å². The van der Waals surface area contributed by atoms with Crippen molar-refractivity contribution >= 4 is 40.4 Å². The van der Waals surface area contributed by atoms with Crippen LogP contribution in [0.4, 0.5) is 4.39 Å². The first-order valence-electron chi connectivity index (χ1n) is 4.77. The Labute approximate surface area is 116 Å². The summed E-state index contributed by atoms with van der Waals surface area (Å²) in [4.78, 5) is 11.6. The van der Waals surface area contributed by atoms with E-state index in [-0.39, 0.29) is 26.9 Å². The highest BCUT2D eigenvalue weighted by molar-refractivity contribution is 7.17. The van der Waals surface area contributed by atoms with Gasteiger partial charge in [0, 0.05) is 6.54 Å². The Morgan fingerprint density at radius 3 is 2.78 bits per heavy atom. The van der Waals surface area contributed by atoms with Gasteiger partial charge >= 0.3 is 0 Å². The number of hydrogen-bond donors (Lipinski definition) is 1. The summed E-state index contributed by atoms with van der Waals surface area (Å²) < 4.78 is 13.1. The molecule has 1 N–H and O–H groups in total. The lowest BCUT2D eigenvalue weighted by molar-refractivity contribution is 0.0950. The Kier molecular flexibility index (Phi) is 4.11. The Bertz CT molecular complexity index is 590. The van der Waals surface area contributed by atoms with Crippen LogP contribution < -0.4 is 5.32 Å². The number of nitrogens with zero attached hydrogens (tertiary/aromatic N) is 2. The molecular weight excluding hydrogens is 300 g/mol. The molecule has 8 heteroatoms. The number of carbonyl (C=O) groups is 1. The third-order valence-corrected chi connectivity index (χ3v) is 3.34. The second-order valence-corrected chi connectivity index (χ2v) is 5.26. The van der Waals surface area contributed by atoms with Gasteiger partial charge in [0.25, 0.3) is 5.91 Å². The van der Waals surface area contributed by atoms with Crippen LogP contribution in [0.1, 0.15) is 15.4 Å². The average Bonchev–Trinajstić information content (AvgIpc) is 2.77. The monoisotopic (exact) mass is 305 g/mol. The molecule has 0 spiro atoms. The zero-order chi connectivity index (χ0) is 13.1. The van der Waals surface area contributed by atoms with Gasteiger partial charge in [0.2, 0.25) is 9.47 Å². The molecule has 1 amide bonds. The molecule has 1 heterocycles. The van der Waals surface area contributed by atoms with Gasteiger partial charge < -0.3 is 5.32 Å². The number of amides is 1. The van der Waals surface area contributed by atoms with E-state index in [1.54, 1.807) is 0 Å². The van der Waals surface area contributed by atoms with E-state index in [2.05, 4.69) is 15.5 Å². The fourth-order valence-electron chi connectivity index (χ4n) is 1.20.